The first kappa shape index (κ1) is 53.0. The zero-order valence-corrected chi connectivity index (χ0v) is 38.3. The molecule has 0 saturated heterocycles. The number of carbonyl (C=O) groups excluding carboxylic acids is 9. The average Bonchev–Trinajstić information content (AvgIpc) is 3.33. The van der Waals surface area contributed by atoms with Crippen LogP contribution in [0.1, 0.15) is 69.2 Å². The summed E-state index contributed by atoms with van der Waals surface area (Å²) in [4.78, 5) is 119. The second kappa shape index (κ2) is 27.8. The lowest BCUT2D eigenvalue weighted by molar-refractivity contribution is -0.154. The molecule has 5 amide bonds. The summed E-state index contributed by atoms with van der Waals surface area (Å²) in [6.07, 6.45) is -1.91. The van der Waals surface area contributed by atoms with Crippen LogP contribution < -0.4 is 26.6 Å². The van der Waals surface area contributed by atoms with Crippen LogP contribution in [0.5, 0.6) is 0 Å². The molecule has 5 unspecified atom stereocenters. The van der Waals surface area contributed by atoms with Crippen LogP contribution in [0.15, 0.2) is 121 Å². The predicted molar refractivity (Wildman–Crippen MR) is 245 cm³/mol. The minimum absolute atomic E-state index is 0.0739. The molecule has 0 saturated carbocycles. The number of carbonyl (C=O) groups is 9. The maximum absolute atomic E-state index is 13.6. The molecule has 4 rings (SSSR count). The van der Waals surface area contributed by atoms with Gasteiger partial charge in [-0.25, -0.2) is 0 Å². The van der Waals surface area contributed by atoms with Gasteiger partial charge in [-0.3, -0.25) is 64.4 Å². The Kier molecular flexibility index (Phi) is 21.7. The van der Waals surface area contributed by atoms with Crippen LogP contribution >= 0.6 is 0 Å². The molecule has 0 heterocycles. The number of esters is 4. The van der Waals surface area contributed by atoms with Crippen molar-refractivity contribution >= 4 is 53.4 Å². The molecule has 0 bridgehead atoms. The van der Waals surface area contributed by atoms with Gasteiger partial charge in [-0.05, 0) is 36.1 Å². The number of rotatable bonds is 25. The summed E-state index contributed by atoms with van der Waals surface area (Å²) in [5, 5.41) is 12.1. The molecule has 360 valence electrons. The Bertz CT molecular complexity index is 2320. The summed E-state index contributed by atoms with van der Waals surface area (Å²) in [5.41, 5.74) is 2.73. The standard InChI is InChI=1S/C50H57N5O13/c1-32(2)45(59)53-39(48(62)55-47(61)34(4)52-41(50(64)68-31-38-23-15-8-16-24-38)27-44(58)66-29-36-19-11-6-12-20-36)25-42(56)54-46(60)33(3)51-40(49(63)67-30-37-21-13-7-14-22-37)26-43(57)65-28-35-17-9-5-10-18-35/h5-24,32-34,39-41,51-52H,25-31H2,1-4H3,(H,53,59)(H,54,56,60)(H,55,61,62). The second-order valence-electron chi connectivity index (χ2n) is 16.0. The van der Waals surface area contributed by atoms with Crippen molar-refractivity contribution in [3.05, 3.63) is 144 Å². The third-order valence-electron chi connectivity index (χ3n) is 9.99. The van der Waals surface area contributed by atoms with E-state index in [9.17, 15) is 43.2 Å². The molecule has 18 heteroatoms. The molecule has 5 atom stereocenters. The minimum Gasteiger partial charge on any atom is -0.461 e. The fourth-order valence-corrected chi connectivity index (χ4v) is 6.11. The first-order valence-corrected chi connectivity index (χ1v) is 21.9. The van der Waals surface area contributed by atoms with E-state index in [1.807, 2.05) is 0 Å². The number of imide groups is 2. The van der Waals surface area contributed by atoms with Gasteiger partial charge in [-0.15, -0.1) is 0 Å². The van der Waals surface area contributed by atoms with Crippen LogP contribution in [0.4, 0.5) is 0 Å². The summed E-state index contributed by atoms with van der Waals surface area (Å²) in [6, 6.07) is 28.0. The Balaban J connectivity index is 1.39. The third kappa shape index (κ3) is 19.1. The fraction of sp³-hybridized carbons (Fsp3) is 0.340. The van der Waals surface area contributed by atoms with Crippen LogP contribution in [-0.2, 0) is 88.5 Å². The maximum atomic E-state index is 13.6. The average molecular weight is 936 g/mol. The van der Waals surface area contributed by atoms with Gasteiger partial charge < -0.3 is 24.3 Å². The van der Waals surface area contributed by atoms with Gasteiger partial charge in [0.15, 0.2) is 0 Å². The largest absolute Gasteiger partial charge is 0.461 e. The van der Waals surface area contributed by atoms with Gasteiger partial charge >= 0.3 is 23.9 Å². The van der Waals surface area contributed by atoms with Crippen LogP contribution in [-0.4, -0.2) is 83.6 Å². The highest BCUT2D eigenvalue weighted by Gasteiger charge is 2.33. The summed E-state index contributed by atoms with van der Waals surface area (Å²) < 4.78 is 21.6. The molecule has 0 aliphatic heterocycles. The molecule has 68 heavy (non-hydrogen) atoms. The van der Waals surface area contributed by atoms with Crippen molar-refractivity contribution in [1.82, 2.24) is 26.6 Å². The van der Waals surface area contributed by atoms with Gasteiger partial charge in [0.2, 0.25) is 29.5 Å². The van der Waals surface area contributed by atoms with Crippen molar-refractivity contribution in [3.8, 4) is 0 Å². The molecule has 4 aromatic rings. The summed E-state index contributed by atoms with van der Waals surface area (Å²) >= 11 is 0. The topological polar surface area (TPSA) is 251 Å². The number of hydrogen-bond donors (Lipinski definition) is 5. The Morgan fingerprint density at radius 1 is 0.397 bits per heavy atom. The van der Waals surface area contributed by atoms with Crippen molar-refractivity contribution < 1.29 is 62.1 Å². The Hall–Kier alpha value is -7.57. The molecular weight excluding hydrogens is 879 g/mol. The smallest absolute Gasteiger partial charge is 0.324 e. The normalized spacial score (nSPS) is 13.0. The molecule has 0 aliphatic carbocycles. The molecule has 18 nitrogen and oxygen atoms in total. The summed E-state index contributed by atoms with van der Waals surface area (Å²) in [5.74, 6) is -8.81. The number of hydrogen-bond acceptors (Lipinski definition) is 15. The van der Waals surface area contributed by atoms with E-state index in [1.54, 1.807) is 121 Å². The zero-order valence-electron chi connectivity index (χ0n) is 38.3. The number of benzene rings is 4. The van der Waals surface area contributed by atoms with Gasteiger partial charge in [0.1, 0.15) is 44.6 Å². The molecule has 0 fully saturated rings. The van der Waals surface area contributed by atoms with Gasteiger partial charge in [0, 0.05) is 5.92 Å². The van der Waals surface area contributed by atoms with E-state index in [4.69, 9.17) is 18.9 Å². The summed E-state index contributed by atoms with van der Waals surface area (Å²) in [6.45, 7) is 5.26. The van der Waals surface area contributed by atoms with E-state index in [2.05, 4.69) is 26.6 Å². The van der Waals surface area contributed by atoms with Gasteiger partial charge in [0.05, 0.1) is 31.3 Å². The molecule has 4 aromatic carbocycles. The first-order chi connectivity index (χ1) is 32.6. The van der Waals surface area contributed by atoms with E-state index in [0.717, 1.165) is 0 Å². The van der Waals surface area contributed by atoms with E-state index in [1.165, 1.54) is 27.7 Å². The maximum Gasteiger partial charge on any atom is 0.324 e. The zero-order chi connectivity index (χ0) is 49.4. The lowest BCUT2D eigenvalue weighted by Gasteiger charge is -2.23. The molecule has 0 spiro atoms. The van der Waals surface area contributed by atoms with E-state index in [0.29, 0.717) is 22.3 Å². The van der Waals surface area contributed by atoms with Crippen molar-refractivity contribution in [2.75, 3.05) is 0 Å². The monoisotopic (exact) mass is 935 g/mol. The molecule has 5 N–H and O–H groups in total. The fourth-order valence-electron chi connectivity index (χ4n) is 6.11. The molecular formula is C50H57N5O13. The van der Waals surface area contributed by atoms with Crippen molar-refractivity contribution in [2.24, 2.45) is 5.92 Å². The predicted octanol–water partition coefficient (Wildman–Crippen LogP) is 3.25. The van der Waals surface area contributed by atoms with E-state index >= 15 is 0 Å². The van der Waals surface area contributed by atoms with Crippen LogP contribution in [0.2, 0.25) is 0 Å². The number of nitrogens with one attached hydrogen (secondary N) is 5. The Labute approximate surface area is 394 Å². The van der Waals surface area contributed by atoms with Crippen molar-refractivity contribution in [2.45, 2.75) is 104 Å². The minimum atomic E-state index is -1.68. The molecule has 0 aromatic heterocycles. The number of amides is 5. The lowest BCUT2D eigenvalue weighted by Crippen LogP contribution is -2.56. The van der Waals surface area contributed by atoms with E-state index < -0.39 is 109 Å². The van der Waals surface area contributed by atoms with Crippen LogP contribution in [0, 0.1) is 5.92 Å². The Morgan fingerprint density at radius 3 is 1.09 bits per heavy atom. The number of ether oxygens (including phenoxy) is 4. The molecule has 0 aliphatic rings. The SMILES string of the molecule is CC(C)C(=O)NC(CC(=O)NC(=O)C(C)NC(CC(=O)OCc1ccccc1)C(=O)OCc1ccccc1)C(=O)NC(=O)C(C)NC(CC(=O)OCc1ccccc1)C(=O)OCc1ccccc1. The second-order valence-corrected chi connectivity index (χ2v) is 16.0. The highest BCUT2D eigenvalue weighted by Crippen LogP contribution is 2.11. The summed E-state index contributed by atoms with van der Waals surface area (Å²) in [7, 11) is 0. The first-order valence-electron chi connectivity index (χ1n) is 21.9. The third-order valence-corrected chi connectivity index (χ3v) is 9.99. The lowest BCUT2D eigenvalue weighted by atomic mass is 10.1. The highest BCUT2D eigenvalue weighted by atomic mass is 16.5. The van der Waals surface area contributed by atoms with Crippen molar-refractivity contribution in [1.29, 1.82) is 0 Å². The molecule has 0 radical (unpaired) electrons. The van der Waals surface area contributed by atoms with E-state index in [-0.39, 0.29) is 26.4 Å². The van der Waals surface area contributed by atoms with Crippen LogP contribution in [0.3, 0.4) is 0 Å². The highest BCUT2D eigenvalue weighted by molar-refractivity contribution is 6.05. The quantitative estimate of drug-likeness (QED) is 0.0473. The van der Waals surface area contributed by atoms with Crippen molar-refractivity contribution in [3.63, 3.8) is 0 Å². The van der Waals surface area contributed by atoms with Crippen LogP contribution in [0.25, 0.3) is 0 Å². The van der Waals surface area contributed by atoms with Gasteiger partial charge in [-0.2, -0.15) is 0 Å². The van der Waals surface area contributed by atoms with Gasteiger partial charge in [-0.1, -0.05) is 135 Å². The van der Waals surface area contributed by atoms with Gasteiger partial charge in [0.25, 0.3) is 0 Å². The Morgan fingerprint density at radius 2 is 0.735 bits per heavy atom.